The van der Waals surface area contributed by atoms with Crippen LogP contribution in [0.4, 0.5) is 10.2 Å². The molecule has 0 spiro atoms. The highest BCUT2D eigenvalue weighted by Crippen LogP contribution is 2.22. The summed E-state index contributed by atoms with van der Waals surface area (Å²) < 4.78 is 22.6. The van der Waals surface area contributed by atoms with Crippen LogP contribution in [0, 0.1) is 5.95 Å². The minimum Gasteiger partial charge on any atom is -0.383 e. The number of H-pyrrole nitrogens is 1. The molecule has 0 fully saturated rings. The Morgan fingerprint density at radius 3 is 2.52 bits per heavy atom. The Kier molecular flexibility index (Phi) is 9.19. The Morgan fingerprint density at radius 2 is 1.84 bits per heavy atom. The zero-order valence-electron chi connectivity index (χ0n) is 24.3. The fourth-order valence-corrected chi connectivity index (χ4v) is 4.82. The van der Waals surface area contributed by atoms with Crippen molar-refractivity contribution >= 4 is 22.9 Å². The first-order valence-electron chi connectivity index (χ1n) is 14.1. The van der Waals surface area contributed by atoms with Gasteiger partial charge in [0.05, 0.1) is 18.7 Å². The Hall–Kier alpha value is -5.24. The molecule has 228 valence electrons. The summed E-state index contributed by atoms with van der Waals surface area (Å²) >= 11 is 0. The maximum Gasteiger partial charge on any atom is 0.332 e. The van der Waals surface area contributed by atoms with Crippen LogP contribution < -0.4 is 21.7 Å². The summed E-state index contributed by atoms with van der Waals surface area (Å²) in [4.78, 5) is 69.0. The summed E-state index contributed by atoms with van der Waals surface area (Å²) in [7, 11) is 1.49. The van der Waals surface area contributed by atoms with E-state index in [-0.39, 0.29) is 42.0 Å². The topological polar surface area (TPSA) is 150 Å². The highest BCUT2D eigenvalue weighted by atomic mass is 19.1. The summed E-state index contributed by atoms with van der Waals surface area (Å²) in [5, 5.41) is 0. The molecule has 0 saturated heterocycles. The number of nitrogens with one attached hydrogen (secondary N) is 1. The lowest BCUT2D eigenvalue weighted by Gasteiger charge is -2.22. The number of halogens is 1. The van der Waals surface area contributed by atoms with Crippen LogP contribution in [0.1, 0.15) is 30.1 Å². The molecular formula is C30H31FN8O5. The zero-order valence-corrected chi connectivity index (χ0v) is 24.3. The number of hydrogen-bond acceptors (Lipinski definition) is 8. The van der Waals surface area contributed by atoms with Crippen molar-refractivity contribution in [2.75, 3.05) is 25.2 Å². The second-order valence-electron chi connectivity index (χ2n) is 9.99. The van der Waals surface area contributed by atoms with E-state index < -0.39 is 23.1 Å². The molecule has 0 aromatic carbocycles. The Balaban J connectivity index is 1.47. The highest BCUT2D eigenvalue weighted by molar-refractivity contribution is 6.05. The van der Waals surface area contributed by atoms with E-state index in [9.17, 15) is 23.6 Å². The number of pyridine rings is 3. The fourth-order valence-electron chi connectivity index (χ4n) is 4.82. The molecule has 5 aromatic rings. The quantitative estimate of drug-likeness (QED) is 0.214. The average Bonchev–Trinajstić information content (AvgIpc) is 3.48. The molecule has 14 heteroatoms. The number of imidazole rings is 1. The second-order valence-corrected chi connectivity index (χ2v) is 9.99. The molecule has 0 radical (unpaired) electrons. The van der Waals surface area contributed by atoms with Crippen LogP contribution in [-0.4, -0.2) is 59.8 Å². The minimum absolute atomic E-state index is 0.102. The summed E-state index contributed by atoms with van der Waals surface area (Å²) in [5.74, 6) is -0.514. The van der Waals surface area contributed by atoms with Gasteiger partial charge in [-0.2, -0.15) is 4.39 Å². The summed E-state index contributed by atoms with van der Waals surface area (Å²) in [6, 6.07) is 10.6. The van der Waals surface area contributed by atoms with E-state index in [0.717, 1.165) is 16.8 Å². The smallest absolute Gasteiger partial charge is 0.332 e. The molecule has 0 atom stereocenters. The number of nitrogens with zero attached hydrogens (tertiary/aromatic N) is 7. The molecule has 5 aromatic heterocycles. The van der Waals surface area contributed by atoms with Gasteiger partial charge in [0, 0.05) is 57.0 Å². The first-order valence-corrected chi connectivity index (χ1v) is 14.1. The zero-order chi connectivity index (χ0) is 31.2. The van der Waals surface area contributed by atoms with Crippen LogP contribution in [0.3, 0.4) is 0 Å². The fraction of sp³-hybridized carbons (Fsp3) is 0.300. The molecule has 44 heavy (non-hydrogen) atoms. The average molecular weight is 603 g/mol. The van der Waals surface area contributed by atoms with Crippen LogP contribution in [0.25, 0.3) is 22.6 Å². The third-order valence-electron chi connectivity index (χ3n) is 7.02. The number of hydrogen-bond donors (Lipinski definition) is 1. The van der Waals surface area contributed by atoms with E-state index in [1.165, 1.54) is 34.9 Å². The van der Waals surface area contributed by atoms with E-state index >= 15 is 0 Å². The number of carbonyl (C=O) groups is 1. The minimum atomic E-state index is -0.709. The van der Waals surface area contributed by atoms with Gasteiger partial charge in [0.15, 0.2) is 5.65 Å². The van der Waals surface area contributed by atoms with Crippen molar-refractivity contribution < 1.29 is 13.9 Å². The Labute approximate surface area is 250 Å². The third-order valence-corrected chi connectivity index (χ3v) is 7.02. The first-order chi connectivity index (χ1) is 21.3. The largest absolute Gasteiger partial charge is 0.383 e. The van der Waals surface area contributed by atoms with Crippen molar-refractivity contribution in [1.82, 2.24) is 33.6 Å². The van der Waals surface area contributed by atoms with Gasteiger partial charge in [0.25, 0.3) is 11.5 Å². The monoisotopic (exact) mass is 602 g/mol. The third kappa shape index (κ3) is 6.24. The number of aryl methyl sites for hydroxylation is 2. The SMILES string of the molecule is CCCn1c(=O)n(CCOC)c(=O)c2[nH]c(-c3ccc(N(CCCn4ccccc4=O)C(=O)c4ccc(F)nc4)nc3)nc21. The molecule has 5 rings (SSSR count). The van der Waals surface area contributed by atoms with Crippen LogP contribution in [0.15, 0.2) is 75.4 Å². The number of ether oxygens (including phenoxy) is 1. The van der Waals surface area contributed by atoms with Gasteiger partial charge in [0.1, 0.15) is 17.2 Å². The lowest BCUT2D eigenvalue weighted by Crippen LogP contribution is -2.41. The molecule has 13 nitrogen and oxygen atoms in total. The molecule has 1 amide bonds. The summed E-state index contributed by atoms with van der Waals surface area (Å²) in [5.41, 5.74) is 0.00252. The number of methoxy groups -OCH3 is 1. The Bertz CT molecular complexity index is 1940. The molecule has 1 N–H and O–H groups in total. The standard InChI is InChI=1S/C30H31FN8O5/c1-3-12-38-27-25(29(42)39(30(38)43)16-17-44-2)34-26(35-27)20-9-11-23(33-18-20)37(28(41)21-8-10-22(31)32-19-21)15-6-14-36-13-5-4-7-24(36)40/h4-5,7-11,13,18-19H,3,6,12,14-17H2,1-2H3,(H,34,35). The van der Waals surface area contributed by atoms with Gasteiger partial charge in [-0.3, -0.25) is 28.4 Å². The van der Waals surface area contributed by atoms with Crippen molar-refractivity contribution in [2.45, 2.75) is 39.4 Å². The first kappa shape index (κ1) is 30.2. The van der Waals surface area contributed by atoms with Gasteiger partial charge in [-0.1, -0.05) is 13.0 Å². The molecule has 0 aliphatic rings. The second kappa shape index (κ2) is 13.4. The molecule has 0 unspecified atom stereocenters. The molecule has 0 saturated carbocycles. The van der Waals surface area contributed by atoms with Gasteiger partial charge in [0.2, 0.25) is 11.5 Å². The maximum atomic E-state index is 13.5. The van der Waals surface area contributed by atoms with E-state index in [2.05, 4.69) is 19.9 Å². The van der Waals surface area contributed by atoms with E-state index in [1.54, 1.807) is 35.0 Å². The van der Waals surface area contributed by atoms with Crippen molar-refractivity contribution in [3.8, 4) is 11.4 Å². The molecule has 0 aliphatic carbocycles. The number of aromatic amines is 1. The number of carbonyl (C=O) groups excluding carboxylic acids is 1. The van der Waals surface area contributed by atoms with Crippen LogP contribution in [0.5, 0.6) is 0 Å². The predicted molar refractivity (Wildman–Crippen MR) is 161 cm³/mol. The number of fused-ring (bicyclic) bond motifs is 1. The van der Waals surface area contributed by atoms with E-state index in [0.29, 0.717) is 43.1 Å². The molecule has 5 heterocycles. The number of aromatic nitrogens is 7. The number of anilines is 1. The van der Waals surface area contributed by atoms with Gasteiger partial charge in [-0.25, -0.2) is 19.7 Å². The van der Waals surface area contributed by atoms with Crippen molar-refractivity contribution in [3.05, 3.63) is 104 Å². The maximum absolute atomic E-state index is 13.5. The van der Waals surface area contributed by atoms with Crippen molar-refractivity contribution in [2.24, 2.45) is 0 Å². The van der Waals surface area contributed by atoms with E-state index in [4.69, 9.17) is 4.74 Å². The molecule has 0 aliphatic heterocycles. The van der Waals surface area contributed by atoms with Gasteiger partial charge in [-0.05, 0) is 43.2 Å². The lowest BCUT2D eigenvalue weighted by atomic mass is 10.2. The predicted octanol–water partition coefficient (Wildman–Crippen LogP) is 2.44. The van der Waals surface area contributed by atoms with Gasteiger partial charge < -0.3 is 14.3 Å². The van der Waals surface area contributed by atoms with Crippen LogP contribution in [-0.2, 0) is 24.4 Å². The summed E-state index contributed by atoms with van der Waals surface area (Å²) in [6.07, 6.45) is 5.42. The molecule has 0 bridgehead atoms. The van der Waals surface area contributed by atoms with E-state index in [1.807, 2.05) is 6.92 Å². The lowest BCUT2D eigenvalue weighted by molar-refractivity contribution is 0.0985. The highest BCUT2D eigenvalue weighted by Gasteiger charge is 2.21. The van der Waals surface area contributed by atoms with Crippen molar-refractivity contribution in [3.63, 3.8) is 0 Å². The van der Waals surface area contributed by atoms with Crippen LogP contribution in [0.2, 0.25) is 0 Å². The Morgan fingerprint density at radius 1 is 1.00 bits per heavy atom. The number of amides is 1. The molecular weight excluding hydrogens is 571 g/mol. The van der Waals surface area contributed by atoms with Crippen molar-refractivity contribution in [1.29, 1.82) is 0 Å². The normalized spacial score (nSPS) is 11.2. The van der Waals surface area contributed by atoms with Crippen LogP contribution >= 0.6 is 0 Å². The van der Waals surface area contributed by atoms with Gasteiger partial charge in [-0.15, -0.1) is 0 Å². The summed E-state index contributed by atoms with van der Waals surface area (Å²) in [6.45, 7) is 3.17. The number of rotatable bonds is 12. The van der Waals surface area contributed by atoms with Gasteiger partial charge >= 0.3 is 5.69 Å².